The van der Waals surface area contributed by atoms with Crippen LogP contribution in [-0.2, 0) is 14.4 Å². The van der Waals surface area contributed by atoms with Gasteiger partial charge < -0.3 is 4.90 Å². The second kappa shape index (κ2) is 4.02. The van der Waals surface area contributed by atoms with Crippen LogP contribution in [0.15, 0.2) is 0 Å². The van der Waals surface area contributed by atoms with Gasteiger partial charge in [0.2, 0.25) is 0 Å². The minimum Gasteiger partial charge on any atom is -0.333 e. The fraction of sp³-hybridized carbons (Fsp3) is 0.625. The number of carbonyl (C=O) groups excluding carboxylic acids is 3. The van der Waals surface area contributed by atoms with Crippen molar-refractivity contribution in [1.82, 2.24) is 9.80 Å². The fourth-order valence-corrected chi connectivity index (χ4v) is 1.24. The van der Waals surface area contributed by atoms with Crippen molar-refractivity contribution in [3.05, 3.63) is 0 Å². The first-order valence-corrected chi connectivity index (χ1v) is 4.19. The summed E-state index contributed by atoms with van der Waals surface area (Å²) in [5.74, 6) is -1.37. The van der Waals surface area contributed by atoms with E-state index in [9.17, 15) is 14.4 Å². The molecule has 3 amide bonds. The zero-order valence-electron chi connectivity index (χ0n) is 7.45. The largest absolute Gasteiger partial charge is 0.333 e. The molecule has 0 aromatic carbocycles. The zero-order chi connectivity index (χ0) is 9.84. The number of hydrogen-bond donors (Lipinski definition) is 0. The van der Waals surface area contributed by atoms with Crippen molar-refractivity contribution >= 4 is 18.2 Å². The van der Waals surface area contributed by atoms with Gasteiger partial charge in [-0.25, -0.2) is 0 Å². The van der Waals surface area contributed by atoms with Crippen LogP contribution in [0, 0.1) is 0 Å². The molecule has 0 N–H and O–H groups in total. The summed E-state index contributed by atoms with van der Waals surface area (Å²) in [6.45, 7) is 3.18. The third-order valence-electron chi connectivity index (χ3n) is 1.91. The topological polar surface area (TPSA) is 57.7 Å². The van der Waals surface area contributed by atoms with Gasteiger partial charge in [0.05, 0.1) is 0 Å². The molecule has 1 saturated heterocycles. The van der Waals surface area contributed by atoms with E-state index in [4.69, 9.17) is 0 Å². The number of rotatable bonds is 3. The summed E-state index contributed by atoms with van der Waals surface area (Å²) in [4.78, 5) is 34.8. The lowest BCUT2D eigenvalue weighted by atomic mass is 10.3. The third-order valence-corrected chi connectivity index (χ3v) is 1.91. The molecule has 1 aliphatic rings. The SMILES string of the molecule is CCCN1CCN([C]=O)C(=O)C1=O. The van der Waals surface area contributed by atoms with E-state index in [0.717, 1.165) is 11.3 Å². The summed E-state index contributed by atoms with van der Waals surface area (Å²) in [5.41, 5.74) is 0. The highest BCUT2D eigenvalue weighted by Gasteiger charge is 2.31. The van der Waals surface area contributed by atoms with Crippen LogP contribution in [0.4, 0.5) is 0 Å². The van der Waals surface area contributed by atoms with Crippen LogP contribution in [0.3, 0.4) is 0 Å². The molecule has 0 aromatic rings. The van der Waals surface area contributed by atoms with Gasteiger partial charge in [-0.2, -0.15) is 0 Å². The first-order chi connectivity index (χ1) is 6.20. The van der Waals surface area contributed by atoms with Crippen LogP contribution in [0.5, 0.6) is 0 Å². The highest BCUT2D eigenvalue weighted by molar-refractivity contribution is 6.37. The quantitative estimate of drug-likeness (QED) is 0.535. The van der Waals surface area contributed by atoms with Gasteiger partial charge in [-0.05, 0) is 6.42 Å². The van der Waals surface area contributed by atoms with Gasteiger partial charge in [-0.3, -0.25) is 19.3 Å². The van der Waals surface area contributed by atoms with E-state index < -0.39 is 11.8 Å². The molecule has 0 saturated carbocycles. The highest BCUT2D eigenvalue weighted by Crippen LogP contribution is 2.03. The summed E-state index contributed by atoms with van der Waals surface area (Å²) < 4.78 is 0. The molecule has 1 rings (SSSR count). The van der Waals surface area contributed by atoms with Gasteiger partial charge in [0.1, 0.15) is 0 Å². The van der Waals surface area contributed by atoms with Gasteiger partial charge >= 0.3 is 18.2 Å². The average molecular weight is 183 g/mol. The summed E-state index contributed by atoms with van der Waals surface area (Å²) in [6, 6.07) is 0. The maximum atomic E-state index is 11.2. The predicted octanol–water partition coefficient (Wildman–Crippen LogP) is -0.866. The minimum absolute atomic E-state index is 0.258. The second-order valence-corrected chi connectivity index (χ2v) is 2.84. The van der Waals surface area contributed by atoms with Crippen LogP contribution >= 0.6 is 0 Å². The van der Waals surface area contributed by atoms with Crippen molar-refractivity contribution < 1.29 is 14.4 Å². The second-order valence-electron chi connectivity index (χ2n) is 2.84. The molecular formula is C8H11N2O3. The fourth-order valence-electron chi connectivity index (χ4n) is 1.24. The van der Waals surface area contributed by atoms with Crippen LogP contribution in [0.2, 0.25) is 0 Å². The number of hydrogen-bond acceptors (Lipinski definition) is 3. The molecule has 0 aromatic heterocycles. The molecule has 0 spiro atoms. The molecule has 1 radical (unpaired) electrons. The Labute approximate surface area is 76.3 Å². The lowest BCUT2D eigenvalue weighted by Crippen LogP contribution is -2.53. The molecular weight excluding hydrogens is 172 g/mol. The first kappa shape index (κ1) is 9.70. The summed E-state index contributed by atoms with van der Waals surface area (Å²) >= 11 is 0. The van der Waals surface area contributed by atoms with Crippen LogP contribution < -0.4 is 0 Å². The lowest BCUT2D eigenvalue weighted by molar-refractivity contribution is -0.153. The smallest absolute Gasteiger partial charge is 0.319 e. The zero-order valence-corrected chi connectivity index (χ0v) is 7.45. The molecule has 5 heteroatoms. The summed E-state index contributed by atoms with van der Waals surface area (Å²) in [7, 11) is 0. The van der Waals surface area contributed by atoms with Gasteiger partial charge in [-0.1, -0.05) is 6.92 Å². The van der Waals surface area contributed by atoms with Crippen LogP contribution in [-0.4, -0.2) is 47.7 Å². The summed E-state index contributed by atoms with van der Waals surface area (Å²) in [5, 5.41) is 0. The molecule has 0 unspecified atom stereocenters. The van der Waals surface area contributed by atoms with Gasteiger partial charge in [0.25, 0.3) is 0 Å². The lowest BCUT2D eigenvalue weighted by Gasteiger charge is -2.29. The molecule has 0 aliphatic carbocycles. The van der Waals surface area contributed by atoms with Crippen molar-refractivity contribution in [3.63, 3.8) is 0 Å². The monoisotopic (exact) mass is 183 g/mol. The predicted molar refractivity (Wildman–Crippen MR) is 44.3 cm³/mol. The Morgan fingerprint density at radius 2 is 2.00 bits per heavy atom. The molecule has 0 atom stereocenters. The van der Waals surface area contributed by atoms with E-state index in [-0.39, 0.29) is 6.54 Å². The normalized spacial score (nSPS) is 17.9. The van der Waals surface area contributed by atoms with Crippen molar-refractivity contribution in [3.8, 4) is 0 Å². The number of nitrogens with zero attached hydrogens (tertiary/aromatic N) is 2. The van der Waals surface area contributed by atoms with Crippen LogP contribution in [0.1, 0.15) is 13.3 Å². The van der Waals surface area contributed by atoms with E-state index in [2.05, 4.69) is 0 Å². The molecule has 1 aliphatic heterocycles. The Morgan fingerprint density at radius 1 is 1.31 bits per heavy atom. The highest BCUT2D eigenvalue weighted by atomic mass is 16.2. The molecule has 71 valence electrons. The van der Waals surface area contributed by atoms with Crippen molar-refractivity contribution in [2.45, 2.75) is 13.3 Å². The Hall–Kier alpha value is -1.39. The van der Waals surface area contributed by atoms with E-state index >= 15 is 0 Å². The minimum atomic E-state index is -0.769. The molecule has 0 bridgehead atoms. The molecule has 5 nitrogen and oxygen atoms in total. The number of carbonyl (C=O) groups is 2. The van der Waals surface area contributed by atoms with Crippen molar-refractivity contribution in [1.29, 1.82) is 0 Å². The Morgan fingerprint density at radius 3 is 2.54 bits per heavy atom. The van der Waals surface area contributed by atoms with E-state index in [1.54, 1.807) is 0 Å². The Bertz CT molecular complexity index is 240. The van der Waals surface area contributed by atoms with E-state index in [0.29, 0.717) is 13.1 Å². The number of imide groups is 1. The van der Waals surface area contributed by atoms with E-state index in [1.165, 1.54) is 11.3 Å². The molecule has 1 fully saturated rings. The van der Waals surface area contributed by atoms with Crippen LogP contribution in [0.25, 0.3) is 0 Å². The molecule has 1 heterocycles. The van der Waals surface area contributed by atoms with E-state index in [1.807, 2.05) is 6.92 Å². The summed E-state index contributed by atoms with van der Waals surface area (Å²) in [6.07, 6.45) is 2.24. The molecule has 13 heavy (non-hydrogen) atoms. The Kier molecular flexibility index (Phi) is 3.00. The van der Waals surface area contributed by atoms with Gasteiger partial charge in [-0.15, -0.1) is 0 Å². The van der Waals surface area contributed by atoms with Gasteiger partial charge in [0, 0.05) is 19.6 Å². The average Bonchev–Trinajstić information content (AvgIpc) is 2.14. The van der Waals surface area contributed by atoms with Crippen molar-refractivity contribution in [2.75, 3.05) is 19.6 Å². The maximum absolute atomic E-state index is 11.2. The number of piperazine rings is 1. The third kappa shape index (κ3) is 1.85. The standard InChI is InChI=1S/C8H11N2O3/c1-2-3-9-4-5-10(6-11)8(13)7(9)12/h2-5H2,1H3. The van der Waals surface area contributed by atoms with Gasteiger partial charge in [0.15, 0.2) is 0 Å². The number of amides is 3. The van der Waals surface area contributed by atoms with Crippen molar-refractivity contribution in [2.24, 2.45) is 0 Å². The maximum Gasteiger partial charge on any atom is 0.319 e. The Balaban J connectivity index is 2.64. The first-order valence-electron chi connectivity index (χ1n) is 4.19.